The summed E-state index contributed by atoms with van der Waals surface area (Å²) in [6.07, 6.45) is 2.26. The molecule has 2 aromatic heterocycles. The van der Waals surface area contributed by atoms with Crippen molar-refractivity contribution in [2.45, 2.75) is 25.7 Å². The van der Waals surface area contributed by atoms with Crippen molar-refractivity contribution in [2.75, 3.05) is 29.0 Å². The van der Waals surface area contributed by atoms with Crippen LogP contribution in [0.1, 0.15) is 39.7 Å². The Morgan fingerprint density at radius 1 is 1.33 bits per heavy atom. The van der Waals surface area contributed by atoms with Gasteiger partial charge in [0, 0.05) is 24.4 Å². The van der Waals surface area contributed by atoms with Gasteiger partial charge in [-0.25, -0.2) is 9.37 Å². The molecular weight excluding hydrogens is 363 g/mol. The minimum atomic E-state index is -0.457. The zero-order valence-corrected chi connectivity index (χ0v) is 15.7. The fourth-order valence-electron chi connectivity index (χ4n) is 4.06. The lowest BCUT2D eigenvalue weighted by molar-refractivity contribution is 0.103. The SMILES string of the molecule is Cc1ccc(NC(=O)c2sc3nc4c(cc3c2N)N2CCC4CC2)c(F)c1. The molecular formula is C20H19FN4OS. The summed E-state index contributed by atoms with van der Waals surface area (Å²) in [6, 6.07) is 6.78. The van der Waals surface area contributed by atoms with E-state index in [1.54, 1.807) is 19.1 Å². The van der Waals surface area contributed by atoms with Crippen molar-refractivity contribution < 1.29 is 9.18 Å². The second kappa shape index (κ2) is 5.92. The van der Waals surface area contributed by atoms with Gasteiger partial charge >= 0.3 is 0 Å². The number of nitrogens with two attached hydrogens (primary N) is 1. The van der Waals surface area contributed by atoms with Crippen LogP contribution in [0.5, 0.6) is 0 Å². The summed E-state index contributed by atoms with van der Waals surface area (Å²) in [7, 11) is 0. The monoisotopic (exact) mass is 382 g/mol. The summed E-state index contributed by atoms with van der Waals surface area (Å²) >= 11 is 1.27. The zero-order valence-electron chi connectivity index (χ0n) is 14.9. The summed E-state index contributed by atoms with van der Waals surface area (Å²) < 4.78 is 14.1. The predicted octanol–water partition coefficient (Wildman–Crippen LogP) is 4.28. The third-order valence-corrected chi connectivity index (χ3v) is 6.64. The standard InChI is InChI=1S/C20H19FN4OS/c1-10-2-3-14(13(21)8-10)23-19(26)18-16(22)12-9-15-17(24-20(12)27-18)11-4-6-25(15)7-5-11/h2-3,8-9,11H,4-7,22H2,1H3,(H,23,26). The molecule has 7 heteroatoms. The first-order chi connectivity index (χ1) is 13.0. The van der Waals surface area contributed by atoms with E-state index in [1.165, 1.54) is 17.4 Å². The van der Waals surface area contributed by atoms with Gasteiger partial charge in [-0.2, -0.15) is 0 Å². The van der Waals surface area contributed by atoms with Crippen molar-refractivity contribution in [1.82, 2.24) is 4.98 Å². The average molecular weight is 382 g/mol. The first kappa shape index (κ1) is 16.5. The zero-order chi connectivity index (χ0) is 18.7. The van der Waals surface area contributed by atoms with Gasteiger partial charge in [0.15, 0.2) is 0 Å². The molecule has 0 saturated carbocycles. The van der Waals surface area contributed by atoms with Crippen molar-refractivity contribution in [1.29, 1.82) is 0 Å². The number of amides is 1. The Bertz CT molecular complexity index is 1090. The summed E-state index contributed by atoms with van der Waals surface area (Å²) in [5, 5.41) is 3.44. The van der Waals surface area contributed by atoms with Crippen molar-refractivity contribution in [3.8, 4) is 0 Å². The molecule has 1 fully saturated rings. The van der Waals surface area contributed by atoms with Crippen LogP contribution in [0.2, 0.25) is 0 Å². The van der Waals surface area contributed by atoms with E-state index >= 15 is 0 Å². The summed E-state index contributed by atoms with van der Waals surface area (Å²) in [5.74, 6) is -0.364. The second-order valence-corrected chi connectivity index (χ2v) is 8.29. The van der Waals surface area contributed by atoms with Gasteiger partial charge in [-0.1, -0.05) is 6.07 Å². The number of nitrogens with one attached hydrogen (secondary N) is 1. The lowest BCUT2D eigenvalue weighted by Gasteiger charge is -2.41. The van der Waals surface area contributed by atoms with Gasteiger partial charge in [0.05, 0.1) is 22.8 Å². The van der Waals surface area contributed by atoms with Gasteiger partial charge in [-0.15, -0.1) is 11.3 Å². The molecule has 3 aromatic rings. The number of nitrogen functional groups attached to an aromatic ring is 1. The van der Waals surface area contributed by atoms with E-state index in [0.29, 0.717) is 16.5 Å². The molecule has 0 atom stereocenters. The number of aryl methyl sites for hydroxylation is 1. The number of piperidine rings is 1. The van der Waals surface area contributed by atoms with Crippen LogP contribution in [-0.4, -0.2) is 24.0 Å². The number of fused-ring (bicyclic) bond motifs is 3. The summed E-state index contributed by atoms with van der Waals surface area (Å²) in [6.45, 7) is 3.90. The first-order valence-corrected chi connectivity index (χ1v) is 9.88. The third-order valence-electron chi connectivity index (χ3n) is 5.53. The van der Waals surface area contributed by atoms with Crippen LogP contribution in [0.3, 0.4) is 0 Å². The Labute approximate surface area is 160 Å². The Kier molecular flexibility index (Phi) is 3.62. The van der Waals surface area contributed by atoms with E-state index in [1.807, 2.05) is 0 Å². The van der Waals surface area contributed by atoms with Crippen LogP contribution in [0, 0.1) is 12.7 Å². The van der Waals surface area contributed by atoms with Crippen molar-refractivity contribution in [3.63, 3.8) is 0 Å². The third kappa shape index (κ3) is 2.56. The van der Waals surface area contributed by atoms with Gasteiger partial charge in [-0.3, -0.25) is 4.79 Å². The lowest BCUT2D eigenvalue weighted by atomic mass is 9.86. The van der Waals surface area contributed by atoms with E-state index in [9.17, 15) is 9.18 Å². The molecule has 0 radical (unpaired) electrons. The van der Waals surface area contributed by atoms with Gasteiger partial charge in [0.2, 0.25) is 0 Å². The predicted molar refractivity (Wildman–Crippen MR) is 107 cm³/mol. The molecule has 3 aliphatic heterocycles. The van der Waals surface area contributed by atoms with Crippen LogP contribution < -0.4 is 16.0 Å². The summed E-state index contributed by atoms with van der Waals surface area (Å²) in [4.78, 5) is 21.1. The number of carbonyl (C=O) groups is 1. The van der Waals surface area contributed by atoms with Crippen LogP contribution in [0.15, 0.2) is 24.3 Å². The quantitative estimate of drug-likeness (QED) is 0.694. The molecule has 0 aliphatic carbocycles. The molecule has 3 N–H and O–H groups in total. The van der Waals surface area contributed by atoms with E-state index in [-0.39, 0.29) is 5.69 Å². The molecule has 1 amide bonds. The highest BCUT2D eigenvalue weighted by atomic mass is 32.1. The van der Waals surface area contributed by atoms with E-state index in [2.05, 4.69) is 16.3 Å². The van der Waals surface area contributed by atoms with Gasteiger partial charge < -0.3 is 16.0 Å². The lowest BCUT2D eigenvalue weighted by Crippen LogP contribution is -2.39. The smallest absolute Gasteiger partial charge is 0.268 e. The van der Waals surface area contributed by atoms with E-state index < -0.39 is 11.7 Å². The largest absolute Gasteiger partial charge is 0.397 e. The van der Waals surface area contributed by atoms with Crippen LogP contribution in [-0.2, 0) is 0 Å². The van der Waals surface area contributed by atoms with Crippen LogP contribution in [0.4, 0.5) is 21.5 Å². The number of hydrogen-bond donors (Lipinski definition) is 2. The number of rotatable bonds is 2. The molecule has 2 bridgehead atoms. The van der Waals surface area contributed by atoms with Gasteiger partial charge in [0.1, 0.15) is 15.5 Å². The van der Waals surface area contributed by atoms with Crippen LogP contribution in [0.25, 0.3) is 10.2 Å². The molecule has 27 heavy (non-hydrogen) atoms. The molecule has 6 rings (SSSR count). The summed E-state index contributed by atoms with van der Waals surface area (Å²) in [5.41, 5.74) is 9.92. The number of pyridine rings is 1. The number of thiophene rings is 1. The van der Waals surface area contributed by atoms with Gasteiger partial charge in [-0.05, 0) is 43.5 Å². The number of benzene rings is 1. The minimum absolute atomic E-state index is 0.152. The molecule has 5 heterocycles. The number of halogens is 1. The van der Waals surface area contributed by atoms with Crippen LogP contribution >= 0.6 is 11.3 Å². The number of carbonyl (C=O) groups excluding carboxylic acids is 1. The molecule has 1 saturated heterocycles. The highest BCUT2D eigenvalue weighted by Crippen LogP contribution is 2.45. The number of hydrogen-bond acceptors (Lipinski definition) is 5. The molecule has 5 nitrogen and oxygen atoms in total. The Balaban J connectivity index is 1.54. The molecule has 0 unspecified atom stereocenters. The Hall–Kier alpha value is -2.67. The molecule has 1 aromatic carbocycles. The number of anilines is 3. The fourth-order valence-corrected chi connectivity index (χ4v) is 5.04. The maximum atomic E-state index is 14.1. The highest BCUT2D eigenvalue weighted by Gasteiger charge is 2.33. The highest BCUT2D eigenvalue weighted by molar-refractivity contribution is 7.21. The first-order valence-electron chi connectivity index (χ1n) is 9.06. The Morgan fingerprint density at radius 3 is 2.85 bits per heavy atom. The number of nitrogens with zero attached hydrogens (tertiary/aromatic N) is 2. The van der Waals surface area contributed by atoms with Crippen molar-refractivity contribution in [2.24, 2.45) is 0 Å². The maximum Gasteiger partial charge on any atom is 0.268 e. The second-order valence-electron chi connectivity index (χ2n) is 7.29. The van der Waals surface area contributed by atoms with E-state index in [0.717, 1.165) is 53.1 Å². The maximum absolute atomic E-state index is 14.1. The molecule has 0 spiro atoms. The minimum Gasteiger partial charge on any atom is -0.397 e. The normalized spacial score (nSPS) is 16.0. The van der Waals surface area contributed by atoms with E-state index in [4.69, 9.17) is 10.7 Å². The van der Waals surface area contributed by atoms with Gasteiger partial charge in [0.25, 0.3) is 5.91 Å². The number of aromatic nitrogens is 1. The fraction of sp³-hybridized carbons (Fsp3) is 0.300. The average Bonchev–Trinajstić information content (AvgIpc) is 3.00. The van der Waals surface area contributed by atoms with Crippen molar-refractivity contribution >= 4 is 44.5 Å². The Morgan fingerprint density at radius 2 is 2.11 bits per heavy atom. The topological polar surface area (TPSA) is 71.2 Å². The molecule has 138 valence electrons. The van der Waals surface area contributed by atoms with Crippen molar-refractivity contribution in [3.05, 3.63) is 46.2 Å². The molecule has 3 aliphatic rings.